The zero-order chi connectivity index (χ0) is 24.4. The maximum atomic E-state index is 12.9. The number of esters is 1. The van der Waals surface area contributed by atoms with Crippen molar-refractivity contribution in [2.45, 2.75) is 6.92 Å². The summed E-state index contributed by atoms with van der Waals surface area (Å²) < 4.78 is 10.1. The Morgan fingerprint density at radius 1 is 1.00 bits per heavy atom. The van der Waals surface area contributed by atoms with Crippen LogP contribution < -0.4 is 16.3 Å². The molecule has 34 heavy (non-hydrogen) atoms. The summed E-state index contributed by atoms with van der Waals surface area (Å²) >= 11 is 6.77. The molecule has 0 spiro atoms. The van der Waals surface area contributed by atoms with Gasteiger partial charge in [-0.25, -0.2) is 9.59 Å². The van der Waals surface area contributed by atoms with E-state index in [4.69, 9.17) is 20.8 Å². The van der Waals surface area contributed by atoms with E-state index < -0.39 is 23.4 Å². The van der Waals surface area contributed by atoms with Gasteiger partial charge in [-0.3, -0.25) is 9.59 Å². The summed E-state index contributed by atoms with van der Waals surface area (Å²) in [5.74, 6) is -2.00. The van der Waals surface area contributed by atoms with Gasteiger partial charge in [-0.15, -0.1) is 11.3 Å². The van der Waals surface area contributed by atoms with Gasteiger partial charge in [-0.2, -0.15) is 0 Å². The monoisotopic (exact) mass is 496 g/mol. The summed E-state index contributed by atoms with van der Waals surface area (Å²) in [5.41, 5.74) is 0.113. The van der Waals surface area contributed by atoms with Crippen LogP contribution in [0.1, 0.15) is 36.0 Å². The number of rotatable bonds is 5. The Morgan fingerprint density at radius 2 is 1.71 bits per heavy atom. The largest absolute Gasteiger partial charge is 0.465 e. The summed E-state index contributed by atoms with van der Waals surface area (Å²) in [6.45, 7) is 1.57. The van der Waals surface area contributed by atoms with Crippen LogP contribution in [0.15, 0.2) is 63.8 Å². The number of hydrogen-bond donors (Lipinski definition) is 2. The van der Waals surface area contributed by atoms with E-state index in [0.717, 1.165) is 11.3 Å². The Labute approximate surface area is 202 Å². The predicted octanol–water partition coefficient (Wildman–Crippen LogP) is 5.11. The summed E-state index contributed by atoms with van der Waals surface area (Å²) in [6.07, 6.45) is 0. The minimum absolute atomic E-state index is 0.0206. The first-order valence-electron chi connectivity index (χ1n) is 9.91. The van der Waals surface area contributed by atoms with Crippen LogP contribution in [0.2, 0.25) is 5.02 Å². The molecule has 0 radical (unpaired) electrons. The number of methoxy groups -OCH3 is 1. The van der Waals surface area contributed by atoms with E-state index in [0.29, 0.717) is 27.2 Å². The standard InChI is InChI=1S/C24H17ClN2O6S/c1-12-18(24(31)32-2)22(34-19(12)21(29)26-15-9-7-14(25)8-10-15)27-20(28)16-11-13-5-3-4-6-17(13)33-23(16)30/h3-11H,1-2H3,(H,26,29)(H,27,28). The molecular formula is C24H17ClN2O6S. The van der Waals surface area contributed by atoms with Gasteiger partial charge in [0.25, 0.3) is 11.8 Å². The van der Waals surface area contributed by atoms with Gasteiger partial charge in [-0.1, -0.05) is 29.8 Å². The fourth-order valence-electron chi connectivity index (χ4n) is 3.28. The smallest absolute Gasteiger partial charge is 0.349 e. The number of nitrogens with one attached hydrogen (secondary N) is 2. The highest BCUT2D eigenvalue weighted by Gasteiger charge is 2.27. The molecule has 4 aromatic rings. The third-order valence-corrected chi connectivity index (χ3v) is 6.42. The Balaban J connectivity index is 1.68. The second kappa shape index (κ2) is 9.50. The molecule has 0 bridgehead atoms. The van der Waals surface area contributed by atoms with Crippen molar-refractivity contribution >= 4 is 62.4 Å². The molecule has 0 unspecified atom stereocenters. The first-order chi connectivity index (χ1) is 16.3. The number of benzene rings is 2. The third-order valence-electron chi connectivity index (χ3n) is 4.96. The normalized spacial score (nSPS) is 10.7. The van der Waals surface area contributed by atoms with E-state index in [1.807, 2.05) is 0 Å². The fraction of sp³-hybridized carbons (Fsp3) is 0.0833. The molecule has 2 amide bonds. The van der Waals surface area contributed by atoms with E-state index in [1.165, 1.54) is 13.2 Å². The van der Waals surface area contributed by atoms with E-state index in [1.54, 1.807) is 55.5 Å². The van der Waals surface area contributed by atoms with Crippen LogP contribution >= 0.6 is 22.9 Å². The first-order valence-corrected chi connectivity index (χ1v) is 11.1. The van der Waals surface area contributed by atoms with Crippen LogP contribution in [-0.4, -0.2) is 24.9 Å². The van der Waals surface area contributed by atoms with Crippen LogP contribution in [0.3, 0.4) is 0 Å². The van der Waals surface area contributed by atoms with Gasteiger partial charge in [0.05, 0.1) is 17.6 Å². The molecule has 2 aromatic heterocycles. The number of carbonyl (C=O) groups is 3. The third kappa shape index (κ3) is 4.57. The Hall–Kier alpha value is -3.95. The average Bonchev–Trinajstić information content (AvgIpc) is 3.15. The van der Waals surface area contributed by atoms with Crippen LogP contribution in [0.25, 0.3) is 11.0 Å². The summed E-state index contributed by atoms with van der Waals surface area (Å²) in [7, 11) is 1.19. The molecule has 2 N–H and O–H groups in total. The second-order valence-electron chi connectivity index (χ2n) is 7.15. The number of amides is 2. The Bertz CT molecular complexity index is 1490. The van der Waals surface area contributed by atoms with E-state index in [-0.39, 0.29) is 21.0 Å². The van der Waals surface area contributed by atoms with Gasteiger partial charge in [0.2, 0.25) is 0 Å². The molecule has 8 nitrogen and oxygen atoms in total. The summed E-state index contributed by atoms with van der Waals surface area (Å²) in [5, 5.41) is 6.43. The lowest BCUT2D eigenvalue weighted by atomic mass is 10.1. The number of anilines is 2. The van der Waals surface area contributed by atoms with Gasteiger partial charge >= 0.3 is 11.6 Å². The van der Waals surface area contributed by atoms with Crippen molar-refractivity contribution in [3.63, 3.8) is 0 Å². The summed E-state index contributed by atoms with van der Waals surface area (Å²) in [4.78, 5) is 50.8. The van der Waals surface area contributed by atoms with E-state index in [9.17, 15) is 19.2 Å². The molecule has 0 atom stereocenters. The fourth-order valence-corrected chi connectivity index (χ4v) is 4.49. The number of carbonyl (C=O) groups excluding carboxylic acids is 3. The van der Waals surface area contributed by atoms with Gasteiger partial charge < -0.3 is 19.8 Å². The van der Waals surface area contributed by atoms with Crippen molar-refractivity contribution in [1.29, 1.82) is 0 Å². The lowest BCUT2D eigenvalue weighted by Gasteiger charge is -2.06. The van der Waals surface area contributed by atoms with Gasteiger partial charge in [0, 0.05) is 16.1 Å². The second-order valence-corrected chi connectivity index (χ2v) is 8.61. The highest BCUT2D eigenvalue weighted by Crippen LogP contribution is 2.34. The molecule has 2 aromatic carbocycles. The van der Waals surface area contributed by atoms with E-state index in [2.05, 4.69) is 10.6 Å². The topological polar surface area (TPSA) is 115 Å². The van der Waals surface area contributed by atoms with Crippen molar-refractivity contribution in [3.05, 3.63) is 91.6 Å². The number of fused-ring (bicyclic) bond motifs is 1. The zero-order valence-electron chi connectivity index (χ0n) is 17.9. The highest BCUT2D eigenvalue weighted by atomic mass is 35.5. The number of ether oxygens (including phenoxy) is 1. The van der Waals surface area contributed by atoms with Gasteiger partial charge in [0.1, 0.15) is 16.1 Å². The molecular weight excluding hydrogens is 480 g/mol. The first kappa shape index (κ1) is 23.2. The maximum Gasteiger partial charge on any atom is 0.349 e. The lowest BCUT2D eigenvalue weighted by molar-refractivity contribution is 0.0601. The minimum Gasteiger partial charge on any atom is -0.465 e. The molecule has 4 rings (SSSR count). The molecule has 0 aliphatic heterocycles. The maximum absolute atomic E-state index is 12.9. The molecule has 0 saturated carbocycles. The average molecular weight is 497 g/mol. The molecule has 0 aliphatic rings. The van der Waals surface area contributed by atoms with Crippen molar-refractivity contribution in [2.24, 2.45) is 0 Å². The Morgan fingerprint density at radius 3 is 2.41 bits per heavy atom. The lowest BCUT2D eigenvalue weighted by Crippen LogP contribution is -2.21. The van der Waals surface area contributed by atoms with Crippen LogP contribution in [0, 0.1) is 6.92 Å². The highest BCUT2D eigenvalue weighted by molar-refractivity contribution is 7.19. The SMILES string of the molecule is COC(=O)c1c(NC(=O)c2cc3ccccc3oc2=O)sc(C(=O)Nc2ccc(Cl)cc2)c1C. The molecule has 0 saturated heterocycles. The van der Waals surface area contributed by atoms with Crippen LogP contribution in [-0.2, 0) is 4.74 Å². The van der Waals surface area contributed by atoms with Crippen molar-refractivity contribution in [2.75, 3.05) is 17.7 Å². The van der Waals surface area contributed by atoms with Gasteiger partial charge in [0.15, 0.2) is 0 Å². The number of hydrogen-bond acceptors (Lipinski definition) is 7. The summed E-state index contributed by atoms with van der Waals surface area (Å²) in [6, 6.07) is 14.7. The molecule has 10 heteroatoms. The van der Waals surface area contributed by atoms with Gasteiger partial charge in [-0.05, 0) is 48.9 Å². The molecule has 0 fully saturated rings. The number of thiophene rings is 1. The zero-order valence-corrected chi connectivity index (χ0v) is 19.5. The minimum atomic E-state index is -0.829. The van der Waals surface area contributed by atoms with Crippen molar-refractivity contribution in [3.8, 4) is 0 Å². The van der Waals surface area contributed by atoms with Crippen LogP contribution in [0.5, 0.6) is 0 Å². The predicted molar refractivity (Wildman–Crippen MR) is 130 cm³/mol. The van der Waals surface area contributed by atoms with Crippen molar-refractivity contribution < 1.29 is 23.5 Å². The number of halogens is 1. The quantitative estimate of drug-likeness (QED) is 0.293. The molecule has 0 aliphatic carbocycles. The van der Waals surface area contributed by atoms with Crippen LogP contribution in [0.4, 0.5) is 10.7 Å². The van der Waals surface area contributed by atoms with E-state index >= 15 is 0 Å². The van der Waals surface area contributed by atoms with Crippen molar-refractivity contribution in [1.82, 2.24) is 0 Å². The Kier molecular flexibility index (Phi) is 6.49. The number of para-hydroxylation sites is 1. The molecule has 2 heterocycles. The molecule has 172 valence electrons.